The molecule has 0 saturated heterocycles. The van der Waals surface area contributed by atoms with Crippen LogP contribution in [0.5, 0.6) is 0 Å². The predicted molar refractivity (Wildman–Crippen MR) is 253 cm³/mol. The lowest BCUT2D eigenvalue weighted by molar-refractivity contribution is 0.669. The van der Waals surface area contributed by atoms with Crippen LogP contribution in [0.3, 0.4) is 0 Å². The molecule has 11 aromatic rings. The summed E-state index contributed by atoms with van der Waals surface area (Å²) in [4.78, 5) is 10.4. The Bertz CT molecular complexity index is 3000. The Hall–Kier alpha value is -8.14. The Kier molecular flexibility index (Phi) is 9.18. The van der Waals surface area contributed by atoms with Crippen LogP contribution in [0, 0.1) is 0 Å². The molecule has 0 atom stereocenters. The largest absolute Gasteiger partial charge is 0.456 e. The Morgan fingerprint density at radius 3 is 0.918 bits per heavy atom. The molecule has 0 fully saturated rings. The van der Waals surface area contributed by atoms with E-state index in [1.165, 1.54) is 0 Å². The average Bonchev–Trinajstić information content (AvgIpc) is 3.72. The van der Waals surface area contributed by atoms with Gasteiger partial charge in [-0.05, 0) is 105 Å². The molecule has 0 N–H and O–H groups in total. The summed E-state index contributed by atoms with van der Waals surface area (Å²) in [5.41, 5.74) is 18.8. The predicted octanol–water partition coefficient (Wildman–Crippen LogP) is 15.7. The molecule has 61 heavy (non-hydrogen) atoms. The SMILES string of the molecule is c1ccc(-c2cc(-c3ccccc3)nc(-c3cccc(-c4ccc5oc6ccc(-c7cccc(-c8cc(-c9ccccc9)cc(-c9ccccc9)n8)c7)cc6c5c4)c3)c2)cc1. The van der Waals surface area contributed by atoms with Gasteiger partial charge >= 0.3 is 0 Å². The Morgan fingerprint density at radius 1 is 0.213 bits per heavy atom. The van der Waals surface area contributed by atoms with Crippen LogP contribution in [0.2, 0.25) is 0 Å². The molecule has 0 aliphatic rings. The topological polar surface area (TPSA) is 38.9 Å². The maximum atomic E-state index is 6.42. The van der Waals surface area contributed by atoms with Gasteiger partial charge in [-0.1, -0.05) is 170 Å². The average molecular weight is 779 g/mol. The number of benzene rings is 8. The van der Waals surface area contributed by atoms with Crippen molar-refractivity contribution in [3.63, 3.8) is 0 Å². The van der Waals surface area contributed by atoms with Crippen LogP contribution < -0.4 is 0 Å². The van der Waals surface area contributed by atoms with E-state index < -0.39 is 0 Å². The molecule has 3 heteroatoms. The Balaban J connectivity index is 0.962. The molecule has 0 radical (unpaired) electrons. The first kappa shape index (κ1) is 36.0. The van der Waals surface area contributed by atoms with Crippen molar-refractivity contribution in [2.75, 3.05) is 0 Å². The number of rotatable bonds is 8. The van der Waals surface area contributed by atoms with E-state index in [4.69, 9.17) is 14.4 Å². The van der Waals surface area contributed by atoms with Gasteiger partial charge in [-0.3, -0.25) is 0 Å². The number of hydrogen-bond acceptors (Lipinski definition) is 3. The molecule has 0 unspecified atom stereocenters. The standard InChI is InChI=1S/C58H38N2O/c1-5-15-39(16-6-1)49-35-53(41-19-9-3-10-20-41)59-55(37-49)47-25-13-23-43(31-47)45-27-29-57-51(33-45)52-34-46(28-30-58(52)61-57)44-24-14-26-48(32-44)56-38-50(40-17-7-2-8-18-40)36-54(60-56)42-21-11-4-12-22-42/h1-38H. The highest BCUT2D eigenvalue weighted by atomic mass is 16.3. The molecule has 0 aliphatic carbocycles. The molecule has 0 amide bonds. The normalized spacial score (nSPS) is 11.3. The summed E-state index contributed by atoms with van der Waals surface area (Å²) in [5.74, 6) is 0. The van der Waals surface area contributed by atoms with Crippen LogP contribution in [0.15, 0.2) is 235 Å². The summed E-state index contributed by atoms with van der Waals surface area (Å²) in [6.07, 6.45) is 0. The minimum absolute atomic E-state index is 0.862. The third-order valence-corrected chi connectivity index (χ3v) is 11.5. The molecule has 0 bridgehead atoms. The summed E-state index contributed by atoms with van der Waals surface area (Å²) in [6.45, 7) is 0. The van der Waals surface area contributed by atoms with Crippen LogP contribution in [-0.4, -0.2) is 9.97 Å². The first-order valence-electron chi connectivity index (χ1n) is 20.6. The number of furan rings is 1. The molecule has 3 nitrogen and oxygen atoms in total. The number of hydrogen-bond donors (Lipinski definition) is 0. The van der Waals surface area contributed by atoms with Crippen molar-refractivity contribution in [3.05, 3.63) is 231 Å². The summed E-state index contributed by atoms with van der Waals surface area (Å²) < 4.78 is 6.42. The lowest BCUT2D eigenvalue weighted by atomic mass is 9.96. The summed E-state index contributed by atoms with van der Waals surface area (Å²) in [7, 11) is 0. The van der Waals surface area contributed by atoms with Crippen molar-refractivity contribution < 1.29 is 4.42 Å². The van der Waals surface area contributed by atoms with Crippen LogP contribution in [0.4, 0.5) is 0 Å². The number of fused-ring (bicyclic) bond motifs is 3. The van der Waals surface area contributed by atoms with Crippen molar-refractivity contribution >= 4 is 21.9 Å². The van der Waals surface area contributed by atoms with Crippen molar-refractivity contribution in [2.45, 2.75) is 0 Å². The van der Waals surface area contributed by atoms with Crippen molar-refractivity contribution in [1.29, 1.82) is 0 Å². The van der Waals surface area contributed by atoms with E-state index in [0.29, 0.717) is 0 Å². The van der Waals surface area contributed by atoms with Gasteiger partial charge in [0.25, 0.3) is 0 Å². The minimum Gasteiger partial charge on any atom is -0.456 e. The van der Waals surface area contributed by atoms with Gasteiger partial charge in [0.1, 0.15) is 11.2 Å². The molecular formula is C58H38N2O. The highest BCUT2D eigenvalue weighted by Crippen LogP contribution is 2.38. The maximum absolute atomic E-state index is 6.42. The van der Waals surface area contributed by atoms with E-state index in [1.54, 1.807) is 0 Å². The van der Waals surface area contributed by atoms with Crippen molar-refractivity contribution in [3.8, 4) is 89.5 Å². The maximum Gasteiger partial charge on any atom is 0.135 e. The van der Waals surface area contributed by atoms with E-state index in [0.717, 1.165) is 111 Å². The quantitative estimate of drug-likeness (QED) is 0.154. The first-order chi connectivity index (χ1) is 30.2. The second-order valence-corrected chi connectivity index (χ2v) is 15.4. The van der Waals surface area contributed by atoms with E-state index in [2.05, 4.69) is 218 Å². The zero-order valence-electron chi connectivity index (χ0n) is 33.2. The third kappa shape index (κ3) is 7.20. The van der Waals surface area contributed by atoms with Crippen LogP contribution in [0.25, 0.3) is 111 Å². The highest BCUT2D eigenvalue weighted by Gasteiger charge is 2.15. The summed E-state index contributed by atoms with van der Waals surface area (Å²) in [6, 6.07) is 81.0. The van der Waals surface area contributed by atoms with Gasteiger partial charge < -0.3 is 4.42 Å². The fourth-order valence-corrected chi connectivity index (χ4v) is 8.32. The van der Waals surface area contributed by atoms with Gasteiger partial charge in [0.05, 0.1) is 22.8 Å². The van der Waals surface area contributed by atoms with Gasteiger partial charge in [0.2, 0.25) is 0 Å². The summed E-state index contributed by atoms with van der Waals surface area (Å²) in [5, 5.41) is 2.16. The molecule has 0 saturated carbocycles. The summed E-state index contributed by atoms with van der Waals surface area (Å²) >= 11 is 0. The lowest BCUT2D eigenvalue weighted by Crippen LogP contribution is -1.91. The molecule has 3 heterocycles. The molecule has 3 aromatic heterocycles. The van der Waals surface area contributed by atoms with Crippen LogP contribution >= 0.6 is 0 Å². The number of pyridine rings is 2. The second-order valence-electron chi connectivity index (χ2n) is 15.4. The van der Waals surface area contributed by atoms with Crippen LogP contribution in [0.1, 0.15) is 0 Å². The van der Waals surface area contributed by atoms with E-state index in [1.807, 2.05) is 12.1 Å². The highest BCUT2D eigenvalue weighted by molar-refractivity contribution is 6.07. The Morgan fingerprint density at radius 2 is 0.525 bits per heavy atom. The molecule has 11 rings (SSSR count). The zero-order valence-corrected chi connectivity index (χ0v) is 33.2. The lowest BCUT2D eigenvalue weighted by Gasteiger charge is -2.12. The molecule has 0 aliphatic heterocycles. The van der Waals surface area contributed by atoms with Crippen molar-refractivity contribution in [1.82, 2.24) is 9.97 Å². The molecule has 0 spiro atoms. The van der Waals surface area contributed by atoms with Gasteiger partial charge in [0.15, 0.2) is 0 Å². The van der Waals surface area contributed by atoms with Gasteiger partial charge in [-0.2, -0.15) is 0 Å². The smallest absolute Gasteiger partial charge is 0.135 e. The van der Waals surface area contributed by atoms with E-state index in [-0.39, 0.29) is 0 Å². The third-order valence-electron chi connectivity index (χ3n) is 11.5. The van der Waals surface area contributed by atoms with Gasteiger partial charge in [-0.25, -0.2) is 9.97 Å². The van der Waals surface area contributed by atoms with E-state index >= 15 is 0 Å². The fourth-order valence-electron chi connectivity index (χ4n) is 8.32. The Labute approximate surface area is 354 Å². The molecule has 8 aromatic carbocycles. The van der Waals surface area contributed by atoms with Gasteiger partial charge in [0, 0.05) is 33.0 Å². The first-order valence-corrected chi connectivity index (χ1v) is 20.6. The van der Waals surface area contributed by atoms with Crippen LogP contribution in [-0.2, 0) is 0 Å². The number of aromatic nitrogens is 2. The fraction of sp³-hybridized carbons (Fsp3) is 0. The van der Waals surface area contributed by atoms with Gasteiger partial charge in [-0.15, -0.1) is 0 Å². The molecular weight excluding hydrogens is 741 g/mol. The number of nitrogens with zero attached hydrogens (tertiary/aromatic N) is 2. The monoisotopic (exact) mass is 778 g/mol. The second kappa shape index (κ2) is 15.6. The van der Waals surface area contributed by atoms with Crippen molar-refractivity contribution in [2.24, 2.45) is 0 Å². The van der Waals surface area contributed by atoms with E-state index in [9.17, 15) is 0 Å². The zero-order chi connectivity index (χ0) is 40.5. The minimum atomic E-state index is 0.862. The molecule has 286 valence electrons.